The van der Waals surface area contributed by atoms with Gasteiger partial charge in [0, 0.05) is 43.8 Å². The Labute approximate surface area is 180 Å². The molecule has 30 heavy (non-hydrogen) atoms. The predicted molar refractivity (Wildman–Crippen MR) is 117 cm³/mol. The summed E-state index contributed by atoms with van der Waals surface area (Å²) in [6.45, 7) is 1.74. The summed E-state index contributed by atoms with van der Waals surface area (Å²) in [5.74, 6) is 0.491. The highest BCUT2D eigenvalue weighted by Gasteiger charge is 2.14. The molecule has 0 aliphatic rings. The number of hydrogen-bond donors (Lipinski definition) is 2. The number of halogens is 1. The Morgan fingerprint density at radius 3 is 2.60 bits per heavy atom. The highest BCUT2D eigenvalue weighted by molar-refractivity contribution is 6.30. The van der Waals surface area contributed by atoms with Crippen molar-refractivity contribution in [3.8, 4) is 0 Å². The van der Waals surface area contributed by atoms with Crippen molar-refractivity contribution in [2.45, 2.75) is 19.4 Å². The summed E-state index contributed by atoms with van der Waals surface area (Å²) < 4.78 is 6.90. The molecule has 0 bridgehead atoms. The van der Waals surface area contributed by atoms with Crippen LogP contribution in [-0.4, -0.2) is 48.2 Å². The third-order valence-corrected chi connectivity index (χ3v) is 4.88. The smallest absolute Gasteiger partial charge is 0.251 e. The van der Waals surface area contributed by atoms with E-state index in [-0.39, 0.29) is 18.4 Å². The number of imidazole rings is 1. The van der Waals surface area contributed by atoms with Gasteiger partial charge >= 0.3 is 0 Å². The van der Waals surface area contributed by atoms with Crippen LogP contribution >= 0.6 is 11.6 Å². The van der Waals surface area contributed by atoms with Crippen LogP contribution in [0.3, 0.4) is 0 Å². The van der Waals surface area contributed by atoms with Crippen LogP contribution in [0.25, 0.3) is 11.0 Å². The summed E-state index contributed by atoms with van der Waals surface area (Å²) in [5.41, 5.74) is 2.26. The Hall–Kier alpha value is -2.90. The number of methoxy groups -OCH3 is 1. The Bertz CT molecular complexity index is 1000. The molecule has 0 atom stereocenters. The van der Waals surface area contributed by atoms with Gasteiger partial charge in [0.25, 0.3) is 5.91 Å². The van der Waals surface area contributed by atoms with Crippen molar-refractivity contribution in [1.29, 1.82) is 0 Å². The maximum absolute atomic E-state index is 12.4. The number of fused-ring (bicyclic) bond motifs is 1. The lowest BCUT2D eigenvalue weighted by Gasteiger charge is -2.11. The van der Waals surface area contributed by atoms with Gasteiger partial charge in [-0.1, -0.05) is 23.7 Å². The van der Waals surface area contributed by atoms with Gasteiger partial charge in [0.05, 0.1) is 11.0 Å². The number of aromatic nitrogens is 2. The zero-order chi connectivity index (χ0) is 21.3. The van der Waals surface area contributed by atoms with Crippen molar-refractivity contribution in [2.75, 3.05) is 26.8 Å². The first-order chi connectivity index (χ1) is 14.6. The molecule has 2 N–H and O–H groups in total. The Balaban J connectivity index is 1.64. The van der Waals surface area contributed by atoms with E-state index in [2.05, 4.69) is 15.6 Å². The van der Waals surface area contributed by atoms with Crippen molar-refractivity contribution >= 4 is 34.4 Å². The van der Waals surface area contributed by atoms with E-state index >= 15 is 0 Å². The number of rotatable bonds is 10. The zero-order valence-electron chi connectivity index (χ0n) is 16.9. The van der Waals surface area contributed by atoms with E-state index in [0.29, 0.717) is 36.7 Å². The number of nitrogens with one attached hydrogen (secondary N) is 2. The van der Waals surface area contributed by atoms with E-state index in [1.807, 2.05) is 28.8 Å². The monoisotopic (exact) mass is 428 g/mol. The second kappa shape index (κ2) is 10.8. The Morgan fingerprint density at radius 2 is 1.83 bits per heavy atom. The van der Waals surface area contributed by atoms with Gasteiger partial charge in [0.15, 0.2) is 0 Å². The quantitative estimate of drug-likeness (QED) is 0.486. The lowest BCUT2D eigenvalue weighted by molar-refractivity contribution is -0.121. The van der Waals surface area contributed by atoms with Gasteiger partial charge in [0.1, 0.15) is 12.4 Å². The van der Waals surface area contributed by atoms with Crippen molar-refractivity contribution in [2.24, 2.45) is 0 Å². The Kier molecular flexibility index (Phi) is 7.82. The first-order valence-electron chi connectivity index (χ1n) is 9.82. The fourth-order valence-electron chi connectivity index (χ4n) is 3.13. The molecule has 0 fully saturated rings. The fraction of sp³-hybridized carbons (Fsp3) is 0.318. The van der Waals surface area contributed by atoms with E-state index in [4.69, 9.17) is 16.3 Å². The van der Waals surface area contributed by atoms with Gasteiger partial charge in [-0.15, -0.1) is 0 Å². The summed E-state index contributed by atoms with van der Waals surface area (Å²) in [6, 6.07) is 14.4. The second-order valence-electron chi connectivity index (χ2n) is 6.81. The van der Waals surface area contributed by atoms with Crippen LogP contribution in [0.15, 0.2) is 48.5 Å². The molecule has 0 aliphatic carbocycles. The fourth-order valence-corrected chi connectivity index (χ4v) is 3.25. The number of ether oxygens (including phenoxy) is 1. The summed E-state index contributed by atoms with van der Waals surface area (Å²) in [4.78, 5) is 29.3. The lowest BCUT2D eigenvalue weighted by Crippen LogP contribution is -2.30. The number of hydrogen-bond acceptors (Lipinski definition) is 4. The molecule has 7 nitrogen and oxygen atoms in total. The minimum absolute atomic E-state index is 0.0827. The first-order valence-corrected chi connectivity index (χ1v) is 10.2. The van der Waals surface area contributed by atoms with Crippen molar-refractivity contribution < 1.29 is 14.3 Å². The molecule has 2 amide bonds. The molecule has 0 aliphatic heterocycles. The molecule has 1 aromatic heterocycles. The molecule has 0 saturated carbocycles. The minimum atomic E-state index is -0.176. The van der Waals surface area contributed by atoms with E-state index in [9.17, 15) is 9.59 Å². The standard InChI is InChI=1S/C22H25ClN4O3/c1-30-14-4-12-24-21(28)15-27-19-6-3-2-5-18(19)26-20(27)11-13-25-22(29)16-7-9-17(23)10-8-16/h2-3,5-10H,4,11-15H2,1H3,(H,24,28)(H,25,29). The van der Waals surface area contributed by atoms with Crippen LogP contribution in [0.4, 0.5) is 0 Å². The first kappa shape index (κ1) is 21.8. The molecule has 3 rings (SSSR count). The number of para-hydroxylation sites is 2. The third kappa shape index (κ3) is 5.81. The Morgan fingerprint density at radius 1 is 1.07 bits per heavy atom. The number of amides is 2. The number of nitrogens with zero attached hydrogens (tertiary/aromatic N) is 2. The van der Waals surface area contributed by atoms with E-state index in [1.165, 1.54) is 0 Å². The van der Waals surface area contributed by atoms with Crippen LogP contribution in [0.1, 0.15) is 22.6 Å². The summed E-state index contributed by atoms with van der Waals surface area (Å²) in [7, 11) is 1.64. The van der Waals surface area contributed by atoms with Crippen LogP contribution in [0.2, 0.25) is 5.02 Å². The molecule has 0 unspecified atom stereocenters. The minimum Gasteiger partial charge on any atom is -0.385 e. The number of carbonyl (C=O) groups is 2. The highest BCUT2D eigenvalue weighted by Crippen LogP contribution is 2.16. The van der Waals surface area contributed by atoms with Crippen LogP contribution in [0.5, 0.6) is 0 Å². The summed E-state index contributed by atoms with van der Waals surface area (Å²) >= 11 is 5.86. The molecule has 1 heterocycles. The van der Waals surface area contributed by atoms with Gasteiger partial charge in [-0.05, 0) is 42.8 Å². The normalized spacial score (nSPS) is 10.9. The highest BCUT2D eigenvalue weighted by atomic mass is 35.5. The molecule has 158 valence electrons. The predicted octanol–water partition coefficient (Wildman–Crippen LogP) is 2.81. The maximum atomic E-state index is 12.4. The molecular formula is C22H25ClN4O3. The van der Waals surface area contributed by atoms with Gasteiger partial charge in [-0.2, -0.15) is 0 Å². The molecule has 0 radical (unpaired) electrons. The molecule has 2 aromatic carbocycles. The summed E-state index contributed by atoms with van der Waals surface area (Å²) in [6.07, 6.45) is 1.27. The van der Waals surface area contributed by atoms with E-state index in [1.54, 1.807) is 31.4 Å². The van der Waals surface area contributed by atoms with Gasteiger partial charge in [-0.3, -0.25) is 9.59 Å². The summed E-state index contributed by atoms with van der Waals surface area (Å²) in [5, 5.41) is 6.37. The largest absolute Gasteiger partial charge is 0.385 e. The topological polar surface area (TPSA) is 85.2 Å². The average molecular weight is 429 g/mol. The van der Waals surface area contributed by atoms with Crippen molar-refractivity contribution in [3.63, 3.8) is 0 Å². The van der Waals surface area contributed by atoms with Gasteiger partial charge in [-0.25, -0.2) is 4.98 Å². The second-order valence-corrected chi connectivity index (χ2v) is 7.25. The molecule has 8 heteroatoms. The SMILES string of the molecule is COCCCNC(=O)Cn1c(CCNC(=O)c2ccc(Cl)cc2)nc2ccccc21. The van der Waals surface area contributed by atoms with Crippen LogP contribution in [0, 0.1) is 0 Å². The van der Waals surface area contributed by atoms with Gasteiger partial charge < -0.3 is 19.9 Å². The van der Waals surface area contributed by atoms with E-state index in [0.717, 1.165) is 23.3 Å². The lowest BCUT2D eigenvalue weighted by atomic mass is 10.2. The molecule has 3 aromatic rings. The maximum Gasteiger partial charge on any atom is 0.251 e. The number of benzene rings is 2. The molecule has 0 spiro atoms. The van der Waals surface area contributed by atoms with Crippen LogP contribution in [-0.2, 0) is 22.5 Å². The zero-order valence-corrected chi connectivity index (χ0v) is 17.6. The average Bonchev–Trinajstić information content (AvgIpc) is 3.09. The number of carbonyl (C=O) groups excluding carboxylic acids is 2. The van der Waals surface area contributed by atoms with E-state index < -0.39 is 0 Å². The molecular weight excluding hydrogens is 404 g/mol. The third-order valence-electron chi connectivity index (χ3n) is 4.62. The van der Waals surface area contributed by atoms with Crippen LogP contribution < -0.4 is 10.6 Å². The van der Waals surface area contributed by atoms with Gasteiger partial charge in [0.2, 0.25) is 5.91 Å². The molecule has 0 saturated heterocycles. The van der Waals surface area contributed by atoms with Crippen molar-refractivity contribution in [1.82, 2.24) is 20.2 Å². The van der Waals surface area contributed by atoms with Crippen molar-refractivity contribution in [3.05, 3.63) is 64.9 Å².